The molecule has 8 nitrogen and oxygen atoms in total. The zero-order valence-electron chi connectivity index (χ0n) is 15.9. The number of amides is 3. The van der Waals surface area contributed by atoms with Crippen LogP contribution in [0.15, 0.2) is 45.8 Å². The Labute approximate surface area is 207 Å². The topological polar surface area (TPSA) is 113 Å². The van der Waals surface area contributed by atoms with E-state index in [2.05, 4.69) is 21.2 Å². The fourth-order valence-electron chi connectivity index (χ4n) is 2.63. The van der Waals surface area contributed by atoms with E-state index in [-0.39, 0.29) is 10.6 Å². The molecule has 1 aliphatic heterocycles. The van der Waals surface area contributed by atoms with Crippen LogP contribution < -0.4 is 10.1 Å². The number of halogens is 3. The maximum atomic E-state index is 13.2. The number of hydrogen-bond donors (Lipinski definition) is 2. The van der Waals surface area contributed by atoms with Gasteiger partial charge in [0.05, 0.1) is 12.9 Å². The zero-order valence-corrected chi connectivity index (χ0v) is 20.5. The zero-order chi connectivity index (χ0) is 23.4. The van der Waals surface area contributed by atoms with E-state index < -0.39 is 42.0 Å². The Bertz CT molecular complexity index is 1140. The van der Waals surface area contributed by atoms with Gasteiger partial charge in [-0.25, -0.2) is 9.18 Å². The highest BCUT2D eigenvalue weighted by Gasteiger charge is 2.36. The van der Waals surface area contributed by atoms with Crippen molar-refractivity contribution in [2.24, 2.45) is 0 Å². The van der Waals surface area contributed by atoms with E-state index in [1.54, 1.807) is 12.1 Å². The first-order chi connectivity index (χ1) is 15.1. The maximum Gasteiger partial charge on any atom is 0.341 e. The summed E-state index contributed by atoms with van der Waals surface area (Å²) in [5.41, 5.74) is 0.779. The van der Waals surface area contributed by atoms with Gasteiger partial charge in [0.1, 0.15) is 18.1 Å². The average molecular weight is 635 g/mol. The molecule has 0 aliphatic carbocycles. The highest BCUT2D eigenvalue weighted by atomic mass is 127. The number of nitrogens with one attached hydrogen (secondary N) is 1. The molecule has 32 heavy (non-hydrogen) atoms. The van der Waals surface area contributed by atoms with Gasteiger partial charge in [-0.05, 0) is 92.3 Å². The highest BCUT2D eigenvalue weighted by molar-refractivity contribution is 14.1. The van der Waals surface area contributed by atoms with E-state index in [0.29, 0.717) is 31.1 Å². The number of hydrogen-bond acceptors (Lipinski definition) is 6. The minimum atomic E-state index is -1.12. The van der Waals surface area contributed by atoms with Gasteiger partial charge in [0.2, 0.25) is 5.91 Å². The van der Waals surface area contributed by atoms with Crippen molar-refractivity contribution >= 4 is 85.1 Å². The lowest BCUT2D eigenvalue weighted by atomic mass is 10.2. The summed E-state index contributed by atoms with van der Waals surface area (Å²) in [5, 5.41) is 10.6. The predicted octanol–water partition coefficient (Wildman–Crippen LogP) is 4.33. The summed E-state index contributed by atoms with van der Waals surface area (Å²) in [7, 11) is 0. The van der Waals surface area contributed by atoms with Gasteiger partial charge in [0, 0.05) is 5.69 Å². The van der Waals surface area contributed by atoms with Crippen LogP contribution in [-0.4, -0.2) is 46.2 Å². The van der Waals surface area contributed by atoms with E-state index in [1.807, 2.05) is 22.6 Å². The van der Waals surface area contributed by atoms with Crippen molar-refractivity contribution in [2.45, 2.75) is 0 Å². The minimum Gasteiger partial charge on any atom is -0.480 e. The van der Waals surface area contributed by atoms with E-state index in [9.17, 15) is 23.6 Å². The number of anilines is 1. The summed E-state index contributed by atoms with van der Waals surface area (Å²) < 4.78 is 19.6. The summed E-state index contributed by atoms with van der Waals surface area (Å²) in [6.07, 6.45) is 1.49. The van der Waals surface area contributed by atoms with Crippen LogP contribution in [0, 0.1) is 9.39 Å². The monoisotopic (exact) mass is 634 g/mol. The second-order valence-electron chi connectivity index (χ2n) is 6.32. The third-order valence-corrected chi connectivity index (χ3v) is 6.24. The molecule has 0 atom stereocenters. The number of aliphatic carboxylic acids is 1. The van der Waals surface area contributed by atoms with E-state index >= 15 is 0 Å². The molecule has 3 amide bonds. The van der Waals surface area contributed by atoms with Gasteiger partial charge in [-0.1, -0.05) is 6.07 Å². The van der Waals surface area contributed by atoms with Gasteiger partial charge in [0.25, 0.3) is 11.1 Å². The lowest BCUT2D eigenvalue weighted by Gasteiger charge is -2.12. The summed E-state index contributed by atoms with van der Waals surface area (Å²) in [5.74, 6) is -2.58. The molecule has 0 aromatic heterocycles. The van der Waals surface area contributed by atoms with Crippen molar-refractivity contribution in [1.82, 2.24) is 4.90 Å². The Hall–Kier alpha value is -2.45. The van der Waals surface area contributed by atoms with Gasteiger partial charge in [-0.2, -0.15) is 0 Å². The number of rotatable bonds is 7. The molecule has 2 aromatic rings. The first kappa shape index (κ1) is 24.2. The molecule has 0 bridgehead atoms. The molecule has 0 radical (unpaired) electrons. The number of benzene rings is 2. The molecule has 1 fully saturated rings. The minimum absolute atomic E-state index is 0.121. The van der Waals surface area contributed by atoms with Crippen molar-refractivity contribution in [3.63, 3.8) is 0 Å². The number of ether oxygens (including phenoxy) is 1. The largest absolute Gasteiger partial charge is 0.480 e. The summed E-state index contributed by atoms with van der Waals surface area (Å²) >= 11 is 5.96. The first-order valence-corrected chi connectivity index (χ1v) is 11.5. The van der Waals surface area contributed by atoms with Gasteiger partial charge in [-0.15, -0.1) is 0 Å². The number of imide groups is 1. The summed E-state index contributed by atoms with van der Waals surface area (Å²) in [6, 6.07) is 8.52. The lowest BCUT2D eigenvalue weighted by Crippen LogP contribution is -2.36. The number of carbonyl (C=O) groups is 4. The van der Waals surface area contributed by atoms with Crippen molar-refractivity contribution in [3.05, 3.63) is 60.7 Å². The molecule has 1 aliphatic rings. The van der Waals surface area contributed by atoms with Crippen LogP contribution in [0.25, 0.3) is 6.08 Å². The van der Waals surface area contributed by atoms with Crippen LogP contribution in [-0.2, 0) is 14.4 Å². The third kappa shape index (κ3) is 6.07. The number of carboxylic acid groups (broad SMARTS) is 1. The molecule has 0 spiro atoms. The molecule has 12 heteroatoms. The van der Waals surface area contributed by atoms with Crippen molar-refractivity contribution in [1.29, 1.82) is 0 Å². The number of carboxylic acids is 1. The van der Waals surface area contributed by atoms with Crippen LogP contribution in [0.3, 0.4) is 0 Å². The molecule has 2 aromatic carbocycles. The van der Waals surface area contributed by atoms with E-state index in [1.165, 1.54) is 24.3 Å². The molecular formula is C20H13BrFIN2O6S. The molecule has 166 valence electrons. The average Bonchev–Trinajstić information content (AvgIpc) is 2.94. The number of carbonyl (C=O) groups excluding carboxylic acids is 3. The summed E-state index contributed by atoms with van der Waals surface area (Å²) in [4.78, 5) is 48.7. The molecule has 0 saturated carbocycles. The van der Waals surface area contributed by atoms with Gasteiger partial charge >= 0.3 is 5.97 Å². The third-order valence-electron chi connectivity index (χ3n) is 3.94. The lowest BCUT2D eigenvalue weighted by molar-refractivity contribution is -0.139. The standard InChI is InChI=1S/C20H13BrFIN2O6S/c21-13-4-10(5-14(23)18(13)31-9-17(27)28)6-15-19(29)25(20(30)32-15)8-16(26)24-12-3-1-2-11(22)7-12/h1-7H,8-9H2,(H,24,26)(H,27,28)/b15-6+. The Morgan fingerprint density at radius 3 is 2.69 bits per heavy atom. The van der Waals surface area contributed by atoms with E-state index in [4.69, 9.17) is 9.84 Å². The molecule has 2 N–H and O–H groups in total. The Kier molecular flexibility index (Phi) is 7.90. The first-order valence-electron chi connectivity index (χ1n) is 8.78. The maximum absolute atomic E-state index is 13.2. The van der Waals surface area contributed by atoms with Gasteiger partial charge in [0.15, 0.2) is 6.61 Å². The van der Waals surface area contributed by atoms with Gasteiger partial charge in [-0.3, -0.25) is 19.3 Å². The van der Waals surface area contributed by atoms with Crippen LogP contribution in [0.2, 0.25) is 0 Å². The Morgan fingerprint density at radius 1 is 1.28 bits per heavy atom. The van der Waals surface area contributed by atoms with Crippen molar-refractivity contribution < 1.29 is 33.4 Å². The summed E-state index contributed by atoms with van der Waals surface area (Å²) in [6.45, 7) is -1.02. The SMILES string of the molecule is O=C(O)COc1c(Br)cc(/C=C2/SC(=O)N(CC(=O)Nc3cccc(F)c3)C2=O)cc1I. The number of thioether (sulfide) groups is 1. The quantitative estimate of drug-likeness (QED) is 0.344. The van der Waals surface area contributed by atoms with Crippen molar-refractivity contribution in [2.75, 3.05) is 18.5 Å². The Balaban J connectivity index is 1.72. The van der Waals surface area contributed by atoms with Crippen LogP contribution in [0.4, 0.5) is 14.9 Å². The van der Waals surface area contributed by atoms with Crippen LogP contribution in [0.5, 0.6) is 5.75 Å². The molecular weight excluding hydrogens is 622 g/mol. The molecule has 0 unspecified atom stereocenters. The fourth-order valence-corrected chi connectivity index (χ4v) is 5.24. The Morgan fingerprint density at radius 2 is 2.03 bits per heavy atom. The fraction of sp³-hybridized carbons (Fsp3) is 0.100. The second-order valence-corrected chi connectivity index (χ2v) is 9.33. The predicted molar refractivity (Wildman–Crippen MR) is 128 cm³/mol. The van der Waals surface area contributed by atoms with Crippen LogP contribution >= 0.6 is 50.3 Å². The molecule has 1 heterocycles. The van der Waals surface area contributed by atoms with Crippen LogP contribution in [0.1, 0.15) is 5.56 Å². The second kappa shape index (κ2) is 10.4. The normalized spacial score (nSPS) is 14.7. The number of nitrogens with zero attached hydrogens (tertiary/aromatic N) is 1. The smallest absolute Gasteiger partial charge is 0.341 e. The molecule has 3 rings (SSSR count). The molecule has 1 saturated heterocycles. The van der Waals surface area contributed by atoms with E-state index in [0.717, 1.165) is 11.0 Å². The highest BCUT2D eigenvalue weighted by Crippen LogP contribution is 2.36. The van der Waals surface area contributed by atoms with Crippen molar-refractivity contribution in [3.8, 4) is 5.75 Å². The van der Waals surface area contributed by atoms with Gasteiger partial charge < -0.3 is 15.2 Å².